The molecule has 0 atom stereocenters. The lowest BCUT2D eigenvalue weighted by Gasteiger charge is -1.97. The van der Waals surface area contributed by atoms with Gasteiger partial charge in [0.25, 0.3) is 0 Å². The topological polar surface area (TPSA) is 76.0 Å². The molecule has 5 nitrogen and oxygen atoms in total. The Hall–Kier alpha value is -1.39. The molecule has 0 spiro atoms. The highest BCUT2D eigenvalue weighted by atomic mass is 16.7. The van der Waals surface area contributed by atoms with Crippen molar-refractivity contribution in [2.75, 3.05) is 6.61 Å². The van der Waals surface area contributed by atoms with Crippen molar-refractivity contribution in [3.63, 3.8) is 0 Å². The van der Waals surface area contributed by atoms with Crippen molar-refractivity contribution in [1.29, 1.82) is 0 Å². The minimum atomic E-state index is -1.49. The molecule has 0 bridgehead atoms. The normalized spacial score (nSPS) is 10.7. The van der Waals surface area contributed by atoms with Gasteiger partial charge in [-0.15, -0.1) is 0 Å². The van der Waals surface area contributed by atoms with Crippen LogP contribution in [0.2, 0.25) is 0 Å². The molecule has 0 radical (unpaired) electrons. The summed E-state index contributed by atoms with van der Waals surface area (Å²) >= 11 is 0. The van der Waals surface area contributed by atoms with Crippen LogP contribution in [0.4, 0.5) is 4.79 Å². The van der Waals surface area contributed by atoms with E-state index < -0.39 is 12.1 Å². The molecule has 0 aliphatic rings. The monoisotopic (exact) mass is 148 g/mol. The van der Waals surface area contributed by atoms with Crippen LogP contribution in [0.5, 0.6) is 0 Å². The van der Waals surface area contributed by atoms with E-state index in [2.05, 4.69) is 9.47 Å². The Morgan fingerprint density at radius 3 is 2.60 bits per heavy atom. The lowest BCUT2D eigenvalue weighted by atomic mass is 10.8. The molecule has 0 unspecified atom stereocenters. The van der Waals surface area contributed by atoms with E-state index in [9.17, 15) is 4.79 Å². The fourth-order valence-electron chi connectivity index (χ4n) is 0.283. The lowest BCUT2D eigenvalue weighted by molar-refractivity contribution is 0.0762. The minimum absolute atomic E-state index is 0.255. The van der Waals surface area contributed by atoms with E-state index >= 15 is 0 Å². The summed E-state index contributed by atoms with van der Waals surface area (Å²) in [5, 5.41) is 16.4. The molecule has 0 amide bonds. The third-order valence-electron chi connectivity index (χ3n) is 0.553. The maximum Gasteiger partial charge on any atom is 0.510 e. The van der Waals surface area contributed by atoms with E-state index in [1.807, 2.05) is 0 Å². The Bertz CT molecular complexity index is 139. The lowest BCUT2D eigenvalue weighted by Crippen LogP contribution is -1.96. The van der Waals surface area contributed by atoms with Gasteiger partial charge in [0.1, 0.15) is 0 Å². The maximum absolute atomic E-state index is 9.67. The van der Waals surface area contributed by atoms with Crippen LogP contribution in [0.15, 0.2) is 12.2 Å². The number of hydrogen-bond donors (Lipinski definition) is 2. The zero-order valence-electron chi connectivity index (χ0n) is 5.40. The third-order valence-corrected chi connectivity index (χ3v) is 0.553. The van der Waals surface area contributed by atoms with Crippen LogP contribution in [0.3, 0.4) is 0 Å². The first-order valence-corrected chi connectivity index (χ1v) is 2.58. The molecular weight excluding hydrogens is 140 g/mol. The SMILES string of the molecule is CCO/C(O)=C\OC(=O)O. The predicted octanol–water partition coefficient (Wildman–Crippen LogP) is 1.07. The number of carboxylic acid groups (broad SMARTS) is 1. The first kappa shape index (κ1) is 8.61. The van der Waals surface area contributed by atoms with Crippen molar-refractivity contribution in [2.24, 2.45) is 0 Å². The summed E-state index contributed by atoms with van der Waals surface area (Å²) in [5.41, 5.74) is 0. The standard InChI is InChI=1S/C5H8O5/c1-2-9-4(6)3-10-5(7)8/h3,6H,2H2,1H3,(H,7,8)/b4-3-. The van der Waals surface area contributed by atoms with Crippen molar-refractivity contribution in [3.8, 4) is 0 Å². The summed E-state index contributed by atoms with van der Waals surface area (Å²) in [6, 6.07) is 0. The van der Waals surface area contributed by atoms with Gasteiger partial charge in [0.05, 0.1) is 6.61 Å². The highest BCUT2D eigenvalue weighted by Gasteiger charge is 1.95. The van der Waals surface area contributed by atoms with Crippen LogP contribution >= 0.6 is 0 Å². The second-order valence-electron chi connectivity index (χ2n) is 1.27. The molecule has 0 aliphatic carbocycles. The molecule has 0 saturated carbocycles. The quantitative estimate of drug-likeness (QED) is 0.462. The van der Waals surface area contributed by atoms with E-state index in [0.29, 0.717) is 6.26 Å². The van der Waals surface area contributed by atoms with Crippen LogP contribution < -0.4 is 0 Å². The van der Waals surface area contributed by atoms with Crippen molar-refractivity contribution in [1.82, 2.24) is 0 Å². The van der Waals surface area contributed by atoms with Gasteiger partial charge < -0.3 is 19.7 Å². The zero-order chi connectivity index (χ0) is 7.98. The summed E-state index contributed by atoms with van der Waals surface area (Å²) in [5.74, 6) is -0.551. The molecule has 0 saturated heterocycles. The van der Waals surface area contributed by atoms with Crippen molar-refractivity contribution in [2.45, 2.75) is 6.92 Å². The smallest absolute Gasteiger partial charge is 0.479 e. The average Bonchev–Trinajstić information content (AvgIpc) is 1.85. The highest BCUT2D eigenvalue weighted by molar-refractivity contribution is 5.57. The number of hydrogen-bond acceptors (Lipinski definition) is 4. The number of aliphatic hydroxyl groups excluding tert-OH is 1. The second kappa shape index (κ2) is 4.49. The predicted molar refractivity (Wildman–Crippen MR) is 31.4 cm³/mol. The fourth-order valence-corrected chi connectivity index (χ4v) is 0.283. The molecule has 0 heterocycles. The number of aliphatic hydroxyl groups is 1. The van der Waals surface area contributed by atoms with Crippen LogP contribution in [-0.4, -0.2) is 23.0 Å². The van der Waals surface area contributed by atoms with Gasteiger partial charge in [-0.05, 0) is 6.92 Å². The highest BCUT2D eigenvalue weighted by Crippen LogP contribution is 1.91. The van der Waals surface area contributed by atoms with E-state index in [1.165, 1.54) is 0 Å². The Balaban J connectivity index is 3.57. The Morgan fingerprint density at radius 2 is 2.20 bits per heavy atom. The molecule has 0 fully saturated rings. The van der Waals surface area contributed by atoms with Crippen LogP contribution in [0.1, 0.15) is 6.92 Å². The van der Waals surface area contributed by atoms with Gasteiger partial charge in [0, 0.05) is 0 Å². The summed E-state index contributed by atoms with van der Waals surface area (Å²) < 4.78 is 8.26. The summed E-state index contributed by atoms with van der Waals surface area (Å²) in [6.45, 7) is 1.90. The molecule has 10 heavy (non-hydrogen) atoms. The maximum atomic E-state index is 9.67. The van der Waals surface area contributed by atoms with Gasteiger partial charge in [0.2, 0.25) is 0 Å². The van der Waals surface area contributed by atoms with E-state index in [1.54, 1.807) is 6.92 Å². The summed E-state index contributed by atoms with van der Waals surface area (Å²) in [4.78, 5) is 9.67. The second-order valence-corrected chi connectivity index (χ2v) is 1.27. The molecule has 58 valence electrons. The molecule has 2 N–H and O–H groups in total. The van der Waals surface area contributed by atoms with E-state index in [-0.39, 0.29) is 6.61 Å². The largest absolute Gasteiger partial charge is 0.510 e. The number of ether oxygens (including phenoxy) is 2. The van der Waals surface area contributed by atoms with Crippen molar-refractivity contribution >= 4 is 6.16 Å². The molecule has 0 aromatic rings. The molecule has 0 aliphatic heterocycles. The van der Waals surface area contributed by atoms with Gasteiger partial charge >= 0.3 is 12.1 Å². The van der Waals surface area contributed by atoms with E-state index in [0.717, 1.165) is 0 Å². The summed E-state index contributed by atoms with van der Waals surface area (Å²) in [7, 11) is 0. The van der Waals surface area contributed by atoms with Gasteiger partial charge in [-0.3, -0.25) is 0 Å². The van der Waals surface area contributed by atoms with Gasteiger partial charge in [-0.2, -0.15) is 0 Å². The molecule has 5 heteroatoms. The molecular formula is C5H8O5. The van der Waals surface area contributed by atoms with Crippen LogP contribution in [0, 0.1) is 0 Å². The first-order chi connectivity index (χ1) is 4.66. The number of carbonyl (C=O) groups is 1. The van der Waals surface area contributed by atoms with Crippen LogP contribution in [-0.2, 0) is 9.47 Å². The fraction of sp³-hybridized carbons (Fsp3) is 0.400. The van der Waals surface area contributed by atoms with Crippen molar-refractivity contribution < 1.29 is 24.5 Å². The number of rotatable bonds is 3. The van der Waals surface area contributed by atoms with Gasteiger partial charge in [-0.1, -0.05) is 0 Å². The van der Waals surface area contributed by atoms with Gasteiger partial charge in [0.15, 0.2) is 6.26 Å². The summed E-state index contributed by atoms with van der Waals surface area (Å²) in [6.07, 6.45) is -0.891. The molecule has 0 aromatic heterocycles. The Morgan fingerprint density at radius 1 is 1.60 bits per heavy atom. The average molecular weight is 148 g/mol. The Labute approximate surface area is 57.5 Å². The molecule has 0 aromatic carbocycles. The molecule has 0 rings (SSSR count). The van der Waals surface area contributed by atoms with E-state index in [4.69, 9.17) is 10.2 Å². The van der Waals surface area contributed by atoms with Crippen molar-refractivity contribution in [3.05, 3.63) is 12.2 Å². The third kappa shape index (κ3) is 4.76. The Kier molecular flexibility index (Phi) is 3.86. The minimum Gasteiger partial charge on any atom is -0.479 e. The van der Waals surface area contributed by atoms with Crippen LogP contribution in [0.25, 0.3) is 0 Å². The van der Waals surface area contributed by atoms with Gasteiger partial charge in [-0.25, -0.2) is 4.79 Å². The zero-order valence-corrected chi connectivity index (χ0v) is 5.40. The first-order valence-electron chi connectivity index (χ1n) is 2.58.